The number of ether oxygens (including phenoxy) is 3. The number of guanidine groups is 1. The summed E-state index contributed by atoms with van der Waals surface area (Å²) in [6.07, 6.45) is 2.60. The Hall–Kier alpha value is -1.79. The van der Waals surface area contributed by atoms with Crippen LogP contribution >= 0.6 is 0 Å². The molecule has 1 aromatic carbocycles. The van der Waals surface area contributed by atoms with Crippen molar-refractivity contribution in [1.82, 2.24) is 10.2 Å². The standard InChI is InChI=1S/C18H27N3O3/c1-19-18(20-12-14-5-7-15(22-2)8-6-14)21-9-11-24-17(13-21)16-4-3-10-23-16/h5-8,16-17H,3-4,9-13H2,1-2H3,(H,19,20). The number of nitrogens with zero attached hydrogens (tertiary/aromatic N) is 2. The minimum atomic E-state index is 0.140. The van der Waals surface area contributed by atoms with Gasteiger partial charge in [-0.05, 0) is 30.5 Å². The SMILES string of the molecule is CN=C(NCc1ccc(OC)cc1)N1CCOC(C2CCCO2)C1. The van der Waals surface area contributed by atoms with Gasteiger partial charge in [0.05, 0.1) is 19.8 Å². The highest BCUT2D eigenvalue weighted by molar-refractivity contribution is 5.80. The fourth-order valence-corrected chi connectivity index (χ4v) is 3.25. The van der Waals surface area contributed by atoms with E-state index < -0.39 is 0 Å². The summed E-state index contributed by atoms with van der Waals surface area (Å²) in [6, 6.07) is 8.07. The van der Waals surface area contributed by atoms with E-state index in [0.717, 1.165) is 50.8 Å². The van der Waals surface area contributed by atoms with Crippen molar-refractivity contribution < 1.29 is 14.2 Å². The molecule has 0 aromatic heterocycles. The van der Waals surface area contributed by atoms with E-state index in [1.54, 1.807) is 7.11 Å². The van der Waals surface area contributed by atoms with Crippen LogP contribution in [0.15, 0.2) is 29.3 Å². The summed E-state index contributed by atoms with van der Waals surface area (Å²) in [5.41, 5.74) is 1.20. The van der Waals surface area contributed by atoms with Crippen molar-refractivity contribution in [1.29, 1.82) is 0 Å². The number of morpholine rings is 1. The van der Waals surface area contributed by atoms with E-state index in [9.17, 15) is 0 Å². The molecule has 1 aromatic rings. The molecule has 6 nitrogen and oxygen atoms in total. The lowest BCUT2D eigenvalue weighted by atomic mass is 10.1. The fourth-order valence-electron chi connectivity index (χ4n) is 3.25. The summed E-state index contributed by atoms with van der Waals surface area (Å²) in [7, 11) is 3.50. The summed E-state index contributed by atoms with van der Waals surface area (Å²) in [4.78, 5) is 6.70. The van der Waals surface area contributed by atoms with E-state index in [1.807, 2.05) is 19.2 Å². The van der Waals surface area contributed by atoms with Gasteiger partial charge in [0.2, 0.25) is 0 Å². The maximum atomic E-state index is 5.91. The molecule has 0 bridgehead atoms. The van der Waals surface area contributed by atoms with E-state index in [1.165, 1.54) is 5.56 Å². The van der Waals surface area contributed by atoms with E-state index in [-0.39, 0.29) is 12.2 Å². The number of rotatable bonds is 4. The van der Waals surface area contributed by atoms with Crippen LogP contribution in [0.3, 0.4) is 0 Å². The first-order chi connectivity index (χ1) is 11.8. The number of methoxy groups -OCH3 is 1. The predicted octanol–water partition coefficient (Wildman–Crippen LogP) is 1.65. The lowest BCUT2D eigenvalue weighted by molar-refractivity contribution is -0.0817. The highest BCUT2D eigenvalue weighted by Gasteiger charge is 2.32. The molecular formula is C18H27N3O3. The third-order valence-electron chi connectivity index (χ3n) is 4.59. The lowest BCUT2D eigenvalue weighted by Crippen LogP contribution is -2.53. The molecule has 2 atom stereocenters. The average Bonchev–Trinajstić information content (AvgIpc) is 3.18. The minimum absolute atomic E-state index is 0.140. The Kier molecular flexibility index (Phi) is 5.93. The van der Waals surface area contributed by atoms with Crippen molar-refractivity contribution in [3.8, 4) is 5.75 Å². The summed E-state index contributed by atoms with van der Waals surface area (Å²) in [6.45, 7) is 3.99. The average molecular weight is 333 g/mol. The van der Waals surface area contributed by atoms with Crippen LogP contribution in [0.5, 0.6) is 5.75 Å². The first kappa shape index (κ1) is 17.0. The smallest absolute Gasteiger partial charge is 0.194 e. The highest BCUT2D eigenvalue weighted by Crippen LogP contribution is 2.21. The number of hydrogen-bond acceptors (Lipinski definition) is 4. The Morgan fingerprint density at radius 3 is 2.71 bits per heavy atom. The fraction of sp³-hybridized carbons (Fsp3) is 0.611. The molecule has 0 aliphatic carbocycles. The van der Waals surface area contributed by atoms with Gasteiger partial charge >= 0.3 is 0 Å². The summed E-state index contributed by atoms with van der Waals surface area (Å²) >= 11 is 0. The maximum Gasteiger partial charge on any atom is 0.194 e. The topological polar surface area (TPSA) is 55.3 Å². The molecule has 2 saturated heterocycles. The van der Waals surface area contributed by atoms with Crippen LogP contribution in [-0.4, -0.2) is 63.5 Å². The summed E-state index contributed by atoms with van der Waals surface area (Å²) in [5.74, 6) is 1.79. The van der Waals surface area contributed by atoms with Crippen LogP contribution < -0.4 is 10.1 Å². The van der Waals surface area contributed by atoms with E-state index in [0.29, 0.717) is 6.61 Å². The first-order valence-electron chi connectivity index (χ1n) is 8.62. The molecule has 0 radical (unpaired) electrons. The molecule has 2 aliphatic heterocycles. The Labute approximate surface area is 143 Å². The van der Waals surface area contributed by atoms with Gasteiger partial charge in [-0.1, -0.05) is 12.1 Å². The van der Waals surface area contributed by atoms with Gasteiger partial charge in [-0.2, -0.15) is 0 Å². The molecule has 6 heteroatoms. The van der Waals surface area contributed by atoms with Gasteiger partial charge in [0, 0.05) is 33.3 Å². The van der Waals surface area contributed by atoms with Gasteiger partial charge in [-0.3, -0.25) is 4.99 Å². The maximum absolute atomic E-state index is 5.91. The van der Waals surface area contributed by atoms with Crippen molar-refractivity contribution in [2.24, 2.45) is 4.99 Å². The second kappa shape index (κ2) is 8.35. The molecule has 2 heterocycles. The Bertz CT molecular complexity index is 541. The third-order valence-corrected chi connectivity index (χ3v) is 4.59. The normalized spacial score (nSPS) is 24.9. The molecule has 0 amide bonds. The third kappa shape index (κ3) is 4.19. The second-order valence-electron chi connectivity index (χ2n) is 6.16. The molecule has 0 saturated carbocycles. The monoisotopic (exact) mass is 333 g/mol. The molecule has 2 unspecified atom stereocenters. The number of aliphatic imine (C=N–C) groups is 1. The molecule has 2 aliphatic rings. The lowest BCUT2D eigenvalue weighted by Gasteiger charge is -2.37. The Morgan fingerprint density at radius 2 is 2.04 bits per heavy atom. The largest absolute Gasteiger partial charge is 0.497 e. The van der Waals surface area contributed by atoms with Gasteiger partial charge in [-0.25, -0.2) is 0 Å². The van der Waals surface area contributed by atoms with Crippen LogP contribution in [-0.2, 0) is 16.0 Å². The quantitative estimate of drug-likeness (QED) is 0.671. The zero-order valence-corrected chi connectivity index (χ0v) is 14.5. The van der Waals surface area contributed by atoms with Gasteiger partial charge < -0.3 is 24.4 Å². The molecule has 1 N–H and O–H groups in total. The van der Waals surface area contributed by atoms with Crippen LogP contribution in [0.1, 0.15) is 18.4 Å². The van der Waals surface area contributed by atoms with Gasteiger partial charge in [0.15, 0.2) is 5.96 Å². The second-order valence-corrected chi connectivity index (χ2v) is 6.16. The van der Waals surface area contributed by atoms with Crippen LogP contribution in [0.4, 0.5) is 0 Å². The van der Waals surface area contributed by atoms with Crippen molar-refractivity contribution in [3.05, 3.63) is 29.8 Å². The van der Waals surface area contributed by atoms with Gasteiger partial charge in [-0.15, -0.1) is 0 Å². The molecular weight excluding hydrogens is 306 g/mol. The summed E-state index contributed by atoms with van der Waals surface area (Å²) in [5, 5.41) is 3.44. The summed E-state index contributed by atoms with van der Waals surface area (Å²) < 4.78 is 16.9. The molecule has 0 spiro atoms. The molecule has 132 valence electrons. The molecule has 2 fully saturated rings. The Morgan fingerprint density at radius 1 is 1.25 bits per heavy atom. The first-order valence-corrected chi connectivity index (χ1v) is 8.62. The van der Waals surface area contributed by atoms with E-state index in [4.69, 9.17) is 14.2 Å². The zero-order chi connectivity index (χ0) is 16.8. The highest BCUT2D eigenvalue weighted by atomic mass is 16.5. The van der Waals surface area contributed by atoms with Crippen LogP contribution in [0.25, 0.3) is 0 Å². The van der Waals surface area contributed by atoms with Crippen molar-refractivity contribution >= 4 is 5.96 Å². The van der Waals surface area contributed by atoms with Crippen LogP contribution in [0, 0.1) is 0 Å². The van der Waals surface area contributed by atoms with Gasteiger partial charge in [0.25, 0.3) is 0 Å². The van der Waals surface area contributed by atoms with Crippen LogP contribution in [0.2, 0.25) is 0 Å². The van der Waals surface area contributed by atoms with Crippen molar-refractivity contribution in [2.75, 3.05) is 40.5 Å². The molecule has 24 heavy (non-hydrogen) atoms. The molecule has 3 rings (SSSR count). The predicted molar refractivity (Wildman–Crippen MR) is 93.5 cm³/mol. The van der Waals surface area contributed by atoms with Crippen molar-refractivity contribution in [2.45, 2.75) is 31.6 Å². The number of hydrogen-bond donors (Lipinski definition) is 1. The van der Waals surface area contributed by atoms with Crippen molar-refractivity contribution in [3.63, 3.8) is 0 Å². The van der Waals surface area contributed by atoms with Gasteiger partial charge in [0.1, 0.15) is 11.9 Å². The van der Waals surface area contributed by atoms with E-state index >= 15 is 0 Å². The number of benzene rings is 1. The Balaban J connectivity index is 1.54. The van der Waals surface area contributed by atoms with E-state index in [2.05, 4.69) is 27.3 Å². The number of nitrogens with one attached hydrogen (secondary N) is 1. The minimum Gasteiger partial charge on any atom is -0.497 e. The zero-order valence-electron chi connectivity index (χ0n) is 14.5.